The fourth-order valence-electron chi connectivity index (χ4n) is 3.29. The van der Waals surface area contributed by atoms with E-state index in [-0.39, 0.29) is 17.1 Å². The molecular formula is C25H25ClN4O2S. The Bertz CT molecular complexity index is 1210. The summed E-state index contributed by atoms with van der Waals surface area (Å²) in [5.74, 6) is 1.58. The Balaban J connectivity index is 1.54. The molecule has 4 rings (SSSR count). The molecule has 2 aromatic heterocycles. The molecule has 2 aromatic carbocycles. The quantitative estimate of drug-likeness (QED) is 0.315. The number of rotatable bonds is 7. The van der Waals surface area contributed by atoms with Gasteiger partial charge >= 0.3 is 0 Å². The fourth-order valence-corrected chi connectivity index (χ4v) is 4.15. The number of halogens is 1. The molecule has 0 aliphatic rings. The lowest BCUT2D eigenvalue weighted by Crippen LogP contribution is -2.14. The van der Waals surface area contributed by atoms with E-state index >= 15 is 0 Å². The maximum atomic E-state index is 12.5. The minimum atomic E-state index is -0.133. The number of nitrogens with zero attached hydrogens (tertiary/aromatic N) is 3. The first-order valence-corrected chi connectivity index (χ1v) is 11.9. The second-order valence-corrected chi connectivity index (χ2v) is 10.0. The molecule has 0 aliphatic carbocycles. The van der Waals surface area contributed by atoms with Gasteiger partial charge in [-0.3, -0.25) is 9.36 Å². The molecular weight excluding hydrogens is 456 g/mol. The third-order valence-electron chi connectivity index (χ3n) is 5.08. The average Bonchev–Trinajstić information content (AvgIpc) is 3.44. The lowest BCUT2D eigenvalue weighted by Gasteiger charge is -2.19. The van der Waals surface area contributed by atoms with Crippen molar-refractivity contribution in [2.24, 2.45) is 0 Å². The molecule has 1 N–H and O–H groups in total. The lowest BCUT2D eigenvalue weighted by molar-refractivity contribution is -0.113. The summed E-state index contributed by atoms with van der Waals surface area (Å²) in [5.41, 5.74) is 2.97. The Hall–Kier alpha value is -3.03. The van der Waals surface area contributed by atoms with Crippen LogP contribution in [-0.4, -0.2) is 26.4 Å². The van der Waals surface area contributed by atoms with Gasteiger partial charge in [-0.1, -0.05) is 68.4 Å². The van der Waals surface area contributed by atoms with Crippen molar-refractivity contribution in [1.29, 1.82) is 0 Å². The lowest BCUT2D eigenvalue weighted by atomic mass is 9.87. The van der Waals surface area contributed by atoms with Gasteiger partial charge in [-0.25, -0.2) is 0 Å². The van der Waals surface area contributed by atoms with Crippen LogP contribution in [0.5, 0.6) is 0 Å². The zero-order valence-corrected chi connectivity index (χ0v) is 20.3. The molecule has 33 heavy (non-hydrogen) atoms. The van der Waals surface area contributed by atoms with Crippen LogP contribution in [0.25, 0.3) is 11.4 Å². The van der Waals surface area contributed by atoms with Crippen molar-refractivity contribution in [3.63, 3.8) is 0 Å². The molecule has 170 valence electrons. The Morgan fingerprint density at radius 2 is 1.79 bits per heavy atom. The topological polar surface area (TPSA) is 73.0 Å². The van der Waals surface area contributed by atoms with Crippen LogP contribution in [-0.2, 0) is 16.8 Å². The number of hydrogen-bond acceptors (Lipinski definition) is 5. The van der Waals surface area contributed by atoms with Crippen LogP contribution in [0.3, 0.4) is 0 Å². The van der Waals surface area contributed by atoms with Crippen molar-refractivity contribution < 1.29 is 9.21 Å². The van der Waals surface area contributed by atoms with E-state index in [1.54, 1.807) is 30.5 Å². The number of anilines is 1. The van der Waals surface area contributed by atoms with Gasteiger partial charge in [0.15, 0.2) is 11.0 Å². The largest absolute Gasteiger partial charge is 0.467 e. The molecule has 6 nitrogen and oxygen atoms in total. The number of carbonyl (C=O) groups is 1. The van der Waals surface area contributed by atoms with Gasteiger partial charge in [-0.15, -0.1) is 10.2 Å². The van der Waals surface area contributed by atoms with Crippen molar-refractivity contribution in [2.75, 3.05) is 11.1 Å². The van der Waals surface area contributed by atoms with Crippen molar-refractivity contribution in [1.82, 2.24) is 14.8 Å². The van der Waals surface area contributed by atoms with Crippen LogP contribution in [0.4, 0.5) is 5.69 Å². The predicted molar refractivity (Wildman–Crippen MR) is 133 cm³/mol. The molecule has 0 saturated carbocycles. The maximum Gasteiger partial charge on any atom is 0.234 e. The molecule has 0 unspecified atom stereocenters. The smallest absolute Gasteiger partial charge is 0.234 e. The minimum absolute atomic E-state index is 0.0683. The fraction of sp³-hybridized carbons (Fsp3) is 0.240. The number of carbonyl (C=O) groups excluding carboxylic acids is 1. The van der Waals surface area contributed by atoms with E-state index < -0.39 is 0 Å². The maximum absolute atomic E-state index is 12.5. The molecule has 4 aromatic rings. The number of thioether (sulfide) groups is 1. The van der Waals surface area contributed by atoms with Gasteiger partial charge in [0.25, 0.3) is 0 Å². The summed E-state index contributed by atoms with van der Waals surface area (Å²) in [4.78, 5) is 12.5. The number of hydrogen-bond donors (Lipinski definition) is 1. The summed E-state index contributed by atoms with van der Waals surface area (Å²) >= 11 is 7.24. The number of benzene rings is 2. The van der Waals surface area contributed by atoms with Crippen LogP contribution in [0.1, 0.15) is 32.1 Å². The monoisotopic (exact) mass is 480 g/mol. The van der Waals surface area contributed by atoms with E-state index in [0.717, 1.165) is 17.1 Å². The van der Waals surface area contributed by atoms with Crippen LogP contribution in [0.15, 0.2) is 76.5 Å². The molecule has 0 spiro atoms. The highest BCUT2D eigenvalue weighted by atomic mass is 35.5. The molecule has 0 radical (unpaired) electrons. The van der Waals surface area contributed by atoms with Crippen LogP contribution in [0, 0.1) is 0 Å². The number of nitrogens with one attached hydrogen (secondary N) is 1. The van der Waals surface area contributed by atoms with Gasteiger partial charge in [0, 0.05) is 16.3 Å². The second kappa shape index (κ2) is 9.85. The van der Waals surface area contributed by atoms with Crippen molar-refractivity contribution in [3.05, 3.63) is 83.3 Å². The first kappa shape index (κ1) is 23.1. The van der Waals surface area contributed by atoms with Gasteiger partial charge in [0.2, 0.25) is 5.91 Å². The molecule has 0 saturated heterocycles. The van der Waals surface area contributed by atoms with Gasteiger partial charge in [0.1, 0.15) is 5.76 Å². The van der Waals surface area contributed by atoms with Crippen molar-refractivity contribution >= 4 is 35.0 Å². The highest BCUT2D eigenvalue weighted by Gasteiger charge is 2.19. The zero-order chi connectivity index (χ0) is 23.4. The van der Waals surface area contributed by atoms with Gasteiger partial charge in [0.05, 0.1) is 18.6 Å². The standard InChI is InChI=1S/C25H25ClN4O2S/c1-25(2,3)18-8-6-17(7-9-18)23-28-29-24(30(23)15-21-5-4-14-32-21)33-16-22(31)27-20-12-10-19(26)11-13-20/h4-14H,15-16H2,1-3H3,(H,27,31). The van der Waals surface area contributed by atoms with E-state index in [1.165, 1.54) is 17.3 Å². The minimum Gasteiger partial charge on any atom is -0.467 e. The molecule has 2 heterocycles. The van der Waals surface area contributed by atoms with E-state index in [1.807, 2.05) is 16.7 Å². The molecule has 8 heteroatoms. The molecule has 0 atom stereocenters. The summed E-state index contributed by atoms with van der Waals surface area (Å²) in [6.07, 6.45) is 1.64. The van der Waals surface area contributed by atoms with Crippen LogP contribution < -0.4 is 5.32 Å². The summed E-state index contributed by atoms with van der Waals surface area (Å²) in [7, 11) is 0. The first-order chi connectivity index (χ1) is 15.8. The third-order valence-corrected chi connectivity index (χ3v) is 6.30. The van der Waals surface area contributed by atoms with E-state index in [2.05, 4.69) is 60.6 Å². The zero-order valence-electron chi connectivity index (χ0n) is 18.7. The average molecular weight is 481 g/mol. The number of aromatic nitrogens is 3. The predicted octanol–water partition coefficient (Wildman–Crippen LogP) is 6.27. The summed E-state index contributed by atoms with van der Waals surface area (Å²) in [6, 6.07) is 19.1. The summed E-state index contributed by atoms with van der Waals surface area (Å²) < 4.78 is 7.53. The Labute approximate surface area is 202 Å². The Kier molecular flexibility index (Phi) is 6.91. The highest BCUT2D eigenvalue weighted by Crippen LogP contribution is 2.28. The van der Waals surface area contributed by atoms with E-state index in [9.17, 15) is 4.79 Å². The normalized spacial score (nSPS) is 11.5. The number of furan rings is 1. The highest BCUT2D eigenvalue weighted by molar-refractivity contribution is 7.99. The SMILES string of the molecule is CC(C)(C)c1ccc(-c2nnc(SCC(=O)Nc3ccc(Cl)cc3)n2Cc2ccco2)cc1. The van der Waals surface area contributed by atoms with Gasteiger partial charge < -0.3 is 9.73 Å². The summed E-state index contributed by atoms with van der Waals surface area (Å²) in [6.45, 7) is 7.03. The van der Waals surface area contributed by atoms with Crippen molar-refractivity contribution in [3.8, 4) is 11.4 Å². The van der Waals surface area contributed by atoms with Crippen molar-refractivity contribution in [2.45, 2.75) is 37.9 Å². The second-order valence-electron chi connectivity index (χ2n) is 8.64. The molecule has 1 amide bonds. The van der Waals surface area contributed by atoms with Crippen LogP contribution >= 0.6 is 23.4 Å². The van der Waals surface area contributed by atoms with Gasteiger partial charge in [-0.05, 0) is 47.4 Å². The Morgan fingerprint density at radius 3 is 2.42 bits per heavy atom. The Morgan fingerprint density at radius 1 is 1.06 bits per heavy atom. The first-order valence-electron chi connectivity index (χ1n) is 10.5. The van der Waals surface area contributed by atoms with Crippen LogP contribution in [0.2, 0.25) is 5.02 Å². The molecule has 0 aliphatic heterocycles. The molecule has 0 bridgehead atoms. The summed E-state index contributed by atoms with van der Waals surface area (Å²) in [5, 5.41) is 12.9. The molecule has 0 fully saturated rings. The van der Waals surface area contributed by atoms with E-state index in [4.69, 9.17) is 16.0 Å². The third kappa shape index (κ3) is 5.86. The van der Waals surface area contributed by atoms with Gasteiger partial charge in [-0.2, -0.15) is 0 Å². The van der Waals surface area contributed by atoms with E-state index in [0.29, 0.717) is 22.4 Å². The number of amides is 1.